The Bertz CT molecular complexity index is 402. The lowest BCUT2D eigenvalue weighted by atomic mass is 9.91. The lowest BCUT2D eigenvalue weighted by Gasteiger charge is -2.17. The molecule has 0 atom stereocenters. The van der Waals surface area contributed by atoms with Crippen molar-refractivity contribution in [1.29, 1.82) is 0 Å². The van der Waals surface area contributed by atoms with Gasteiger partial charge >= 0.3 is 0 Å². The molecule has 0 aliphatic carbocycles. The molecule has 1 aromatic rings. The number of hydrogen-bond acceptors (Lipinski definition) is 1. The van der Waals surface area contributed by atoms with E-state index in [-0.39, 0.29) is 10.8 Å². The van der Waals surface area contributed by atoms with Crippen LogP contribution in [0, 0.1) is 17.3 Å². The molecule has 0 aliphatic heterocycles. The first kappa shape index (κ1) is 12.8. The molecule has 1 heterocycles. The Morgan fingerprint density at radius 2 is 1.62 bits per heavy atom. The van der Waals surface area contributed by atoms with Gasteiger partial charge in [-0.1, -0.05) is 32.6 Å². The Labute approximate surface area is 99.3 Å². The van der Waals surface area contributed by atoms with Gasteiger partial charge in [0.2, 0.25) is 0 Å². The highest BCUT2D eigenvalue weighted by molar-refractivity contribution is 5.34. The van der Waals surface area contributed by atoms with Gasteiger partial charge in [0.05, 0.1) is 0 Å². The largest absolute Gasteiger partial charge is 0.259 e. The zero-order chi connectivity index (χ0) is 12.4. The molecule has 86 valence electrons. The fourth-order valence-electron chi connectivity index (χ4n) is 1.17. The van der Waals surface area contributed by atoms with Crippen molar-refractivity contribution >= 4 is 0 Å². The van der Waals surface area contributed by atoms with Crippen LogP contribution in [0.1, 0.15) is 52.8 Å². The predicted molar refractivity (Wildman–Crippen MR) is 69.3 cm³/mol. The van der Waals surface area contributed by atoms with Crippen LogP contribution in [-0.2, 0) is 5.41 Å². The summed E-state index contributed by atoms with van der Waals surface area (Å²) in [6.45, 7) is 12.8. The van der Waals surface area contributed by atoms with E-state index < -0.39 is 0 Å². The van der Waals surface area contributed by atoms with Crippen molar-refractivity contribution in [3.05, 3.63) is 29.6 Å². The number of aromatic nitrogens is 1. The van der Waals surface area contributed by atoms with Crippen LogP contribution in [0.25, 0.3) is 0 Å². The summed E-state index contributed by atoms with van der Waals surface area (Å²) < 4.78 is 0. The fourth-order valence-corrected chi connectivity index (χ4v) is 1.17. The monoisotopic (exact) mass is 215 g/mol. The molecule has 0 fully saturated rings. The lowest BCUT2D eigenvalue weighted by molar-refractivity contribution is 0.568. The number of rotatable bonds is 0. The summed E-state index contributed by atoms with van der Waals surface area (Å²) in [5.74, 6) is 6.36. The topological polar surface area (TPSA) is 12.9 Å². The Kier molecular flexibility index (Phi) is 3.43. The minimum atomic E-state index is 0.0443. The van der Waals surface area contributed by atoms with Crippen LogP contribution < -0.4 is 0 Å². The molecule has 0 unspecified atom stereocenters. The first-order chi connectivity index (χ1) is 7.18. The van der Waals surface area contributed by atoms with Crippen LogP contribution in [0.2, 0.25) is 0 Å². The second-order valence-electron chi connectivity index (χ2n) is 6.18. The molecule has 16 heavy (non-hydrogen) atoms. The van der Waals surface area contributed by atoms with Gasteiger partial charge < -0.3 is 0 Å². The van der Waals surface area contributed by atoms with E-state index in [1.54, 1.807) is 0 Å². The van der Waals surface area contributed by atoms with E-state index in [0.29, 0.717) is 0 Å². The van der Waals surface area contributed by atoms with E-state index in [1.807, 2.05) is 12.3 Å². The highest BCUT2D eigenvalue weighted by Crippen LogP contribution is 2.19. The first-order valence-corrected chi connectivity index (χ1v) is 5.68. The fraction of sp³-hybridized carbons (Fsp3) is 0.533. The third-order valence-corrected chi connectivity index (χ3v) is 2.11. The van der Waals surface area contributed by atoms with Gasteiger partial charge in [0.15, 0.2) is 0 Å². The molecule has 0 amide bonds. The minimum Gasteiger partial charge on any atom is -0.259 e. The summed E-state index contributed by atoms with van der Waals surface area (Å²) in [7, 11) is 0. The van der Waals surface area contributed by atoms with Crippen LogP contribution in [0.3, 0.4) is 0 Å². The van der Waals surface area contributed by atoms with Gasteiger partial charge in [0, 0.05) is 28.3 Å². The van der Waals surface area contributed by atoms with Crippen LogP contribution in [0.15, 0.2) is 18.3 Å². The van der Waals surface area contributed by atoms with Crippen molar-refractivity contribution < 1.29 is 0 Å². The molecule has 1 aromatic heterocycles. The molecule has 0 spiro atoms. The quantitative estimate of drug-likeness (QED) is 0.600. The summed E-state index contributed by atoms with van der Waals surface area (Å²) >= 11 is 0. The Morgan fingerprint density at radius 1 is 1.00 bits per heavy atom. The summed E-state index contributed by atoms with van der Waals surface area (Å²) in [5, 5.41) is 0. The molecular formula is C15H21N. The van der Waals surface area contributed by atoms with Crippen LogP contribution in [0.4, 0.5) is 0 Å². The van der Waals surface area contributed by atoms with E-state index in [1.165, 1.54) is 0 Å². The van der Waals surface area contributed by atoms with Gasteiger partial charge in [-0.2, -0.15) is 0 Å². The average molecular weight is 215 g/mol. The van der Waals surface area contributed by atoms with Crippen molar-refractivity contribution in [2.75, 3.05) is 0 Å². The first-order valence-electron chi connectivity index (χ1n) is 5.68. The molecule has 0 aromatic carbocycles. The summed E-state index contributed by atoms with van der Waals surface area (Å²) in [6.07, 6.45) is 1.86. The summed E-state index contributed by atoms with van der Waals surface area (Å²) in [4.78, 5) is 4.45. The zero-order valence-electron chi connectivity index (χ0n) is 11.2. The normalized spacial score (nSPS) is 11.9. The van der Waals surface area contributed by atoms with Crippen molar-refractivity contribution in [2.45, 2.75) is 47.0 Å². The van der Waals surface area contributed by atoms with E-state index in [9.17, 15) is 0 Å². The van der Waals surface area contributed by atoms with E-state index >= 15 is 0 Å². The van der Waals surface area contributed by atoms with Gasteiger partial charge in [-0.25, -0.2) is 0 Å². The summed E-state index contributed by atoms with van der Waals surface area (Å²) in [6, 6.07) is 4.11. The van der Waals surface area contributed by atoms with Crippen molar-refractivity contribution in [1.82, 2.24) is 4.98 Å². The molecule has 0 bridgehead atoms. The van der Waals surface area contributed by atoms with Gasteiger partial charge in [0.1, 0.15) is 0 Å². The standard InChI is InChI=1S/C15H21N/c1-14(2,3)10-9-12-7-8-13(16-11-12)15(4,5)6/h7-8,11H,1-6H3. The third kappa shape index (κ3) is 4.06. The number of nitrogens with zero attached hydrogens (tertiary/aromatic N) is 1. The molecular weight excluding hydrogens is 194 g/mol. The number of hydrogen-bond donors (Lipinski definition) is 0. The van der Waals surface area contributed by atoms with Gasteiger partial charge in [-0.15, -0.1) is 0 Å². The smallest absolute Gasteiger partial charge is 0.0457 e. The van der Waals surface area contributed by atoms with Crippen molar-refractivity contribution in [2.24, 2.45) is 5.41 Å². The predicted octanol–water partition coefficient (Wildman–Crippen LogP) is 3.78. The van der Waals surface area contributed by atoms with Crippen LogP contribution in [0.5, 0.6) is 0 Å². The van der Waals surface area contributed by atoms with Crippen molar-refractivity contribution in [3.63, 3.8) is 0 Å². The Balaban J connectivity index is 2.91. The molecule has 1 nitrogen and oxygen atoms in total. The molecule has 1 rings (SSSR count). The van der Waals surface area contributed by atoms with Crippen molar-refractivity contribution in [3.8, 4) is 11.8 Å². The third-order valence-electron chi connectivity index (χ3n) is 2.11. The average Bonchev–Trinajstić information content (AvgIpc) is 2.13. The second-order valence-corrected chi connectivity index (χ2v) is 6.18. The van der Waals surface area contributed by atoms with Crippen LogP contribution >= 0.6 is 0 Å². The lowest BCUT2D eigenvalue weighted by Crippen LogP contribution is -2.13. The van der Waals surface area contributed by atoms with E-state index in [0.717, 1.165) is 11.3 Å². The Morgan fingerprint density at radius 3 is 2.00 bits per heavy atom. The van der Waals surface area contributed by atoms with E-state index in [4.69, 9.17) is 0 Å². The highest BCUT2D eigenvalue weighted by Gasteiger charge is 2.14. The van der Waals surface area contributed by atoms with Gasteiger partial charge in [-0.3, -0.25) is 4.98 Å². The van der Waals surface area contributed by atoms with Gasteiger partial charge in [-0.05, 0) is 32.9 Å². The molecule has 0 saturated carbocycles. The second kappa shape index (κ2) is 4.29. The maximum absolute atomic E-state index is 4.45. The molecule has 0 aliphatic rings. The Hall–Kier alpha value is -1.29. The maximum atomic E-state index is 4.45. The number of pyridine rings is 1. The summed E-state index contributed by atoms with van der Waals surface area (Å²) in [5.41, 5.74) is 2.25. The SMILES string of the molecule is CC(C)(C)C#Cc1ccc(C(C)(C)C)nc1. The van der Waals surface area contributed by atoms with Crippen LogP contribution in [-0.4, -0.2) is 4.98 Å². The maximum Gasteiger partial charge on any atom is 0.0457 e. The molecule has 1 heteroatoms. The van der Waals surface area contributed by atoms with Gasteiger partial charge in [0.25, 0.3) is 0 Å². The molecule has 0 saturated heterocycles. The highest BCUT2D eigenvalue weighted by atomic mass is 14.7. The van der Waals surface area contributed by atoms with E-state index in [2.05, 4.69) is 64.4 Å². The minimum absolute atomic E-state index is 0.0443. The molecule has 0 N–H and O–H groups in total. The molecule has 0 radical (unpaired) electrons. The zero-order valence-corrected chi connectivity index (χ0v) is 11.2.